The summed E-state index contributed by atoms with van der Waals surface area (Å²) in [4.78, 5) is 1.94. The first-order valence-corrected chi connectivity index (χ1v) is 10.3. The van der Waals surface area contributed by atoms with Crippen LogP contribution in [0, 0.1) is 20.8 Å². The van der Waals surface area contributed by atoms with Crippen molar-refractivity contribution in [3.63, 3.8) is 0 Å². The van der Waals surface area contributed by atoms with Crippen molar-refractivity contribution in [2.75, 3.05) is 4.90 Å². The molecule has 3 N–H and O–H groups in total. The number of aromatic hydroxyl groups is 3. The smallest absolute Gasteiger partial charge is 0.169 e. The summed E-state index contributed by atoms with van der Waals surface area (Å²) in [7, 11) is 0. The van der Waals surface area contributed by atoms with E-state index in [9.17, 15) is 15.3 Å². The number of ether oxygens (including phenoxy) is 1. The summed E-state index contributed by atoms with van der Waals surface area (Å²) < 4.78 is 5.86. The molecule has 0 aromatic heterocycles. The molecule has 0 spiro atoms. The van der Waals surface area contributed by atoms with E-state index in [1.54, 1.807) is 24.3 Å². The Labute approximate surface area is 187 Å². The highest BCUT2D eigenvalue weighted by Crippen LogP contribution is 2.40. The molecule has 4 aromatic carbocycles. The number of phenolic OH excluding ortho intramolecular Hbond substituents is 3. The van der Waals surface area contributed by atoms with Crippen molar-refractivity contribution in [2.24, 2.45) is 0 Å². The van der Waals surface area contributed by atoms with Gasteiger partial charge >= 0.3 is 0 Å². The Morgan fingerprint density at radius 3 is 1.62 bits per heavy atom. The van der Waals surface area contributed by atoms with Crippen molar-refractivity contribution in [3.8, 4) is 28.7 Å². The molecule has 0 amide bonds. The van der Waals surface area contributed by atoms with Gasteiger partial charge in [-0.15, -0.1) is 0 Å². The summed E-state index contributed by atoms with van der Waals surface area (Å²) in [5, 5.41) is 30.6. The van der Waals surface area contributed by atoms with Crippen LogP contribution < -0.4 is 9.64 Å². The highest BCUT2D eigenvalue weighted by atomic mass is 16.5. The van der Waals surface area contributed by atoms with Crippen LogP contribution in [0.1, 0.15) is 16.7 Å². The van der Waals surface area contributed by atoms with E-state index >= 15 is 0 Å². The lowest BCUT2D eigenvalue weighted by Gasteiger charge is -2.26. The Bertz CT molecular complexity index is 1210. The summed E-state index contributed by atoms with van der Waals surface area (Å²) in [5.41, 5.74) is 4.86. The van der Waals surface area contributed by atoms with Crippen LogP contribution in [0.5, 0.6) is 28.7 Å². The second-order valence-electron chi connectivity index (χ2n) is 7.84. The molecule has 32 heavy (non-hydrogen) atoms. The van der Waals surface area contributed by atoms with Gasteiger partial charge in [0.25, 0.3) is 0 Å². The highest BCUT2D eigenvalue weighted by Gasteiger charge is 2.15. The van der Waals surface area contributed by atoms with Crippen molar-refractivity contribution < 1.29 is 20.1 Å². The fraction of sp³-hybridized carbons (Fsp3) is 0.111. The molecule has 5 heteroatoms. The molecule has 162 valence electrons. The third-order valence-corrected chi connectivity index (χ3v) is 5.34. The predicted octanol–water partition coefficient (Wildman–Crippen LogP) is 6.99. The van der Waals surface area contributed by atoms with Gasteiger partial charge in [-0.2, -0.15) is 0 Å². The van der Waals surface area contributed by atoms with E-state index in [-0.39, 0.29) is 17.2 Å². The molecule has 5 nitrogen and oxygen atoms in total. The Hall–Kier alpha value is -4.12. The molecule has 0 radical (unpaired) electrons. The number of hydrogen-bond acceptors (Lipinski definition) is 5. The standard InChI is InChI=1S/C27H25NO4/c1-17-4-13-24(29)27(14-17)32-23-11-9-20(10-12-23)28(21-7-5-18(2)25(30)15-21)22-8-6-19(3)26(31)16-22/h4-16,29-31H,1-3H3. The van der Waals surface area contributed by atoms with E-state index < -0.39 is 0 Å². The van der Waals surface area contributed by atoms with Crippen LogP contribution in [0.15, 0.2) is 78.9 Å². The van der Waals surface area contributed by atoms with E-state index in [4.69, 9.17) is 4.74 Å². The number of hydrogen-bond donors (Lipinski definition) is 3. The van der Waals surface area contributed by atoms with Gasteiger partial charge in [-0.05, 0) is 86.0 Å². The normalized spacial score (nSPS) is 10.7. The molecule has 0 saturated heterocycles. The summed E-state index contributed by atoms with van der Waals surface area (Å²) in [5.74, 6) is 1.43. The molecule has 4 rings (SSSR count). The van der Waals surface area contributed by atoms with Gasteiger partial charge in [0.05, 0.1) is 0 Å². The molecule has 0 aliphatic heterocycles. The lowest BCUT2D eigenvalue weighted by Crippen LogP contribution is -2.10. The number of rotatable bonds is 5. The van der Waals surface area contributed by atoms with E-state index in [0.717, 1.165) is 33.8 Å². The number of phenols is 3. The molecule has 0 fully saturated rings. The van der Waals surface area contributed by atoms with Gasteiger partial charge in [0.1, 0.15) is 17.2 Å². The molecule has 0 unspecified atom stereocenters. The first-order valence-electron chi connectivity index (χ1n) is 10.3. The number of nitrogens with zero attached hydrogens (tertiary/aromatic N) is 1. The van der Waals surface area contributed by atoms with Gasteiger partial charge in [0.15, 0.2) is 11.5 Å². The zero-order chi connectivity index (χ0) is 22.8. The van der Waals surface area contributed by atoms with Crippen LogP contribution in [0.2, 0.25) is 0 Å². The number of benzene rings is 4. The van der Waals surface area contributed by atoms with E-state index in [0.29, 0.717) is 11.5 Å². The van der Waals surface area contributed by atoms with Gasteiger partial charge in [-0.25, -0.2) is 0 Å². The topological polar surface area (TPSA) is 73.2 Å². The Morgan fingerprint density at radius 2 is 1.09 bits per heavy atom. The van der Waals surface area contributed by atoms with Crippen LogP contribution in [0.3, 0.4) is 0 Å². The fourth-order valence-electron chi connectivity index (χ4n) is 3.41. The van der Waals surface area contributed by atoms with Crippen LogP contribution >= 0.6 is 0 Å². The maximum Gasteiger partial charge on any atom is 0.169 e. The van der Waals surface area contributed by atoms with Gasteiger partial charge in [-0.3, -0.25) is 0 Å². The van der Waals surface area contributed by atoms with Crippen molar-refractivity contribution in [3.05, 3.63) is 95.6 Å². The summed E-state index contributed by atoms with van der Waals surface area (Å²) in [6.45, 7) is 5.61. The van der Waals surface area contributed by atoms with Crippen LogP contribution in [-0.4, -0.2) is 15.3 Å². The number of aryl methyl sites for hydroxylation is 3. The molecule has 0 aliphatic carbocycles. The Kier molecular flexibility index (Phi) is 5.65. The average molecular weight is 428 g/mol. The molecule has 4 aromatic rings. The fourth-order valence-corrected chi connectivity index (χ4v) is 3.41. The summed E-state index contributed by atoms with van der Waals surface area (Å²) in [6.07, 6.45) is 0. The SMILES string of the molecule is Cc1ccc(O)c(Oc2ccc(N(c3ccc(C)c(O)c3)c3ccc(C)c(O)c3)cc2)c1. The molecule has 0 saturated carbocycles. The minimum absolute atomic E-state index is 0.0755. The molecular weight excluding hydrogens is 402 g/mol. The molecular formula is C27H25NO4. The van der Waals surface area contributed by atoms with Gasteiger partial charge in [0, 0.05) is 29.2 Å². The molecule has 0 bridgehead atoms. The van der Waals surface area contributed by atoms with E-state index in [1.807, 2.05) is 80.3 Å². The van der Waals surface area contributed by atoms with Crippen molar-refractivity contribution >= 4 is 17.1 Å². The maximum atomic E-state index is 10.3. The quantitative estimate of drug-likeness (QED) is 0.320. The largest absolute Gasteiger partial charge is 0.508 e. The second kappa shape index (κ2) is 8.55. The predicted molar refractivity (Wildman–Crippen MR) is 127 cm³/mol. The molecule has 0 aliphatic rings. The van der Waals surface area contributed by atoms with Gasteiger partial charge in [0.2, 0.25) is 0 Å². The molecule has 0 heterocycles. The first kappa shape index (κ1) is 21.1. The zero-order valence-electron chi connectivity index (χ0n) is 18.2. The van der Waals surface area contributed by atoms with Gasteiger partial charge in [-0.1, -0.05) is 18.2 Å². The third-order valence-electron chi connectivity index (χ3n) is 5.34. The van der Waals surface area contributed by atoms with Crippen LogP contribution in [-0.2, 0) is 0 Å². The van der Waals surface area contributed by atoms with Crippen molar-refractivity contribution in [2.45, 2.75) is 20.8 Å². The van der Waals surface area contributed by atoms with Crippen LogP contribution in [0.25, 0.3) is 0 Å². The maximum absolute atomic E-state index is 10.3. The van der Waals surface area contributed by atoms with Gasteiger partial charge < -0.3 is 25.0 Å². The van der Waals surface area contributed by atoms with Crippen molar-refractivity contribution in [1.82, 2.24) is 0 Å². The molecule has 0 atom stereocenters. The minimum atomic E-state index is 0.0755. The Balaban J connectivity index is 1.73. The first-order chi connectivity index (χ1) is 15.3. The van der Waals surface area contributed by atoms with E-state index in [2.05, 4.69) is 0 Å². The monoisotopic (exact) mass is 427 g/mol. The Morgan fingerprint density at radius 1 is 0.562 bits per heavy atom. The van der Waals surface area contributed by atoms with Crippen molar-refractivity contribution in [1.29, 1.82) is 0 Å². The zero-order valence-corrected chi connectivity index (χ0v) is 18.2. The minimum Gasteiger partial charge on any atom is -0.508 e. The second-order valence-corrected chi connectivity index (χ2v) is 7.84. The number of anilines is 3. The summed E-state index contributed by atoms with van der Waals surface area (Å²) >= 11 is 0. The van der Waals surface area contributed by atoms with Crippen LogP contribution in [0.4, 0.5) is 17.1 Å². The van der Waals surface area contributed by atoms with E-state index in [1.165, 1.54) is 0 Å². The average Bonchev–Trinajstić information content (AvgIpc) is 2.77. The highest BCUT2D eigenvalue weighted by molar-refractivity contribution is 5.78. The lowest BCUT2D eigenvalue weighted by atomic mass is 10.1. The lowest BCUT2D eigenvalue weighted by molar-refractivity contribution is 0.411. The third kappa shape index (κ3) is 4.32. The summed E-state index contributed by atoms with van der Waals surface area (Å²) in [6, 6.07) is 23.5.